The minimum absolute atomic E-state index is 0.192. The lowest BCUT2D eigenvalue weighted by Crippen LogP contribution is -2.25. The van der Waals surface area contributed by atoms with E-state index < -0.39 is 0 Å². The van der Waals surface area contributed by atoms with Crippen molar-refractivity contribution in [3.05, 3.63) is 82.7 Å². The molecule has 4 nitrogen and oxygen atoms in total. The minimum atomic E-state index is -0.192. The van der Waals surface area contributed by atoms with Crippen LogP contribution in [0.5, 0.6) is 0 Å². The number of hydrogen-bond acceptors (Lipinski definition) is 3. The first-order valence-electron chi connectivity index (χ1n) is 9.51. The van der Waals surface area contributed by atoms with Crippen LogP contribution in [0.25, 0.3) is 0 Å². The van der Waals surface area contributed by atoms with Gasteiger partial charge in [0, 0.05) is 25.5 Å². The van der Waals surface area contributed by atoms with Gasteiger partial charge in [0.1, 0.15) is 5.82 Å². The Kier molecular flexibility index (Phi) is 5.03. The molecule has 0 N–H and O–H groups in total. The average molecular weight is 364 g/mol. The van der Waals surface area contributed by atoms with Crippen molar-refractivity contribution in [1.29, 1.82) is 0 Å². The van der Waals surface area contributed by atoms with Crippen LogP contribution in [0.2, 0.25) is 0 Å². The monoisotopic (exact) mass is 364 g/mol. The van der Waals surface area contributed by atoms with Crippen molar-refractivity contribution < 1.29 is 4.39 Å². The largest absolute Gasteiger partial charge is 0.289 e. The molecule has 0 radical (unpaired) electrons. The van der Waals surface area contributed by atoms with Crippen LogP contribution in [-0.2, 0) is 20.0 Å². The third kappa shape index (κ3) is 4.08. The first-order chi connectivity index (χ1) is 13.1. The van der Waals surface area contributed by atoms with Crippen LogP contribution in [0.4, 0.5) is 4.39 Å². The van der Waals surface area contributed by atoms with Gasteiger partial charge in [-0.15, -0.1) is 0 Å². The molecule has 3 aromatic rings. The van der Waals surface area contributed by atoms with Crippen molar-refractivity contribution >= 4 is 0 Å². The highest BCUT2D eigenvalue weighted by atomic mass is 19.1. The molecule has 1 aliphatic rings. The van der Waals surface area contributed by atoms with Crippen molar-refractivity contribution in [2.45, 2.75) is 38.8 Å². The maximum atomic E-state index is 13.2. The Morgan fingerprint density at radius 2 is 1.93 bits per heavy atom. The zero-order chi connectivity index (χ0) is 18.8. The van der Waals surface area contributed by atoms with Crippen LogP contribution in [0.3, 0.4) is 0 Å². The van der Waals surface area contributed by atoms with E-state index in [-0.39, 0.29) is 5.82 Å². The Morgan fingerprint density at radius 1 is 1.11 bits per heavy atom. The molecule has 0 saturated carbocycles. The molecule has 0 unspecified atom stereocenters. The van der Waals surface area contributed by atoms with E-state index in [1.807, 2.05) is 30.1 Å². The van der Waals surface area contributed by atoms with Crippen molar-refractivity contribution in [1.82, 2.24) is 19.7 Å². The zero-order valence-corrected chi connectivity index (χ0v) is 15.9. The van der Waals surface area contributed by atoms with Gasteiger partial charge in [-0.3, -0.25) is 14.6 Å². The molecule has 1 saturated heterocycles. The van der Waals surface area contributed by atoms with Gasteiger partial charge in [0.05, 0.1) is 17.4 Å². The molecular formula is C22H25FN4. The molecule has 1 aromatic carbocycles. The van der Waals surface area contributed by atoms with E-state index in [1.54, 1.807) is 0 Å². The molecule has 4 rings (SSSR count). The van der Waals surface area contributed by atoms with E-state index >= 15 is 0 Å². The van der Waals surface area contributed by atoms with Gasteiger partial charge in [-0.05, 0) is 74.2 Å². The third-order valence-electron chi connectivity index (χ3n) is 5.35. The highest BCUT2D eigenvalue weighted by Crippen LogP contribution is 2.33. The van der Waals surface area contributed by atoms with E-state index in [2.05, 4.69) is 35.1 Å². The number of pyridine rings is 1. The highest BCUT2D eigenvalue weighted by Gasteiger charge is 2.28. The molecule has 3 heterocycles. The van der Waals surface area contributed by atoms with Crippen molar-refractivity contribution in [3.63, 3.8) is 0 Å². The molecule has 5 heteroatoms. The molecular weight excluding hydrogens is 339 g/mol. The van der Waals surface area contributed by atoms with Gasteiger partial charge in [-0.25, -0.2) is 4.39 Å². The summed E-state index contributed by atoms with van der Waals surface area (Å²) in [7, 11) is 1.99. The van der Waals surface area contributed by atoms with Gasteiger partial charge in [-0.1, -0.05) is 12.1 Å². The molecule has 0 spiro atoms. The van der Waals surface area contributed by atoms with Crippen LogP contribution in [0.1, 0.15) is 47.1 Å². The molecule has 2 aromatic heterocycles. The maximum absolute atomic E-state index is 13.2. The number of benzene rings is 1. The Labute approximate surface area is 159 Å². The lowest BCUT2D eigenvalue weighted by Gasteiger charge is -2.24. The molecule has 0 aliphatic carbocycles. The number of likely N-dealkylation sites (tertiary alicyclic amines) is 1. The second-order valence-corrected chi connectivity index (χ2v) is 7.42. The summed E-state index contributed by atoms with van der Waals surface area (Å²) in [6.07, 6.45) is 4.97. The summed E-state index contributed by atoms with van der Waals surface area (Å²) < 4.78 is 15.1. The summed E-state index contributed by atoms with van der Waals surface area (Å²) >= 11 is 0. The predicted molar refractivity (Wildman–Crippen MR) is 104 cm³/mol. The molecule has 0 bridgehead atoms. The van der Waals surface area contributed by atoms with Gasteiger partial charge in [0.15, 0.2) is 0 Å². The van der Waals surface area contributed by atoms with E-state index in [0.717, 1.165) is 42.9 Å². The lowest BCUT2D eigenvalue weighted by atomic mass is 10.0. The Morgan fingerprint density at radius 3 is 2.67 bits per heavy atom. The van der Waals surface area contributed by atoms with Crippen molar-refractivity contribution in [2.24, 2.45) is 7.05 Å². The number of nitrogens with zero attached hydrogens (tertiary/aromatic N) is 4. The highest BCUT2D eigenvalue weighted by molar-refractivity contribution is 5.30. The smallest absolute Gasteiger partial charge is 0.123 e. The normalized spacial score (nSPS) is 17.5. The summed E-state index contributed by atoms with van der Waals surface area (Å²) in [6.45, 7) is 4.03. The van der Waals surface area contributed by atoms with Crippen LogP contribution in [-0.4, -0.2) is 26.2 Å². The van der Waals surface area contributed by atoms with Crippen LogP contribution in [0.15, 0.2) is 48.7 Å². The Bertz CT molecular complexity index is 916. The van der Waals surface area contributed by atoms with Gasteiger partial charge in [0.25, 0.3) is 0 Å². The predicted octanol–water partition coefficient (Wildman–Crippen LogP) is 4.19. The Balaban J connectivity index is 1.56. The number of aryl methyl sites for hydroxylation is 2. The summed E-state index contributed by atoms with van der Waals surface area (Å²) in [5, 5.41) is 4.29. The fourth-order valence-electron chi connectivity index (χ4n) is 3.99. The first kappa shape index (κ1) is 17.9. The van der Waals surface area contributed by atoms with Crippen LogP contribution in [0, 0.1) is 12.7 Å². The number of hydrogen-bond donors (Lipinski definition) is 0. The van der Waals surface area contributed by atoms with Crippen LogP contribution >= 0.6 is 0 Å². The molecule has 1 aliphatic heterocycles. The van der Waals surface area contributed by atoms with Gasteiger partial charge >= 0.3 is 0 Å². The summed E-state index contributed by atoms with van der Waals surface area (Å²) in [5.74, 6) is -0.192. The summed E-state index contributed by atoms with van der Waals surface area (Å²) in [4.78, 5) is 7.35. The third-order valence-corrected chi connectivity index (χ3v) is 5.35. The average Bonchev–Trinajstić information content (AvgIpc) is 3.26. The second-order valence-electron chi connectivity index (χ2n) is 7.42. The molecule has 1 fully saturated rings. The zero-order valence-electron chi connectivity index (χ0n) is 15.9. The number of halogens is 1. The second kappa shape index (κ2) is 7.61. The van der Waals surface area contributed by atoms with Crippen molar-refractivity contribution in [2.75, 3.05) is 6.54 Å². The van der Waals surface area contributed by atoms with Gasteiger partial charge in [-0.2, -0.15) is 5.10 Å². The summed E-state index contributed by atoms with van der Waals surface area (Å²) in [5.41, 5.74) is 5.76. The SMILES string of the molecule is Cc1cc(Cc2ccc(F)cc2)cc([C@@H]2CCCN2Cc2ccnn2C)n1. The summed E-state index contributed by atoms with van der Waals surface area (Å²) in [6, 6.07) is 13.5. The molecule has 27 heavy (non-hydrogen) atoms. The maximum Gasteiger partial charge on any atom is 0.123 e. The lowest BCUT2D eigenvalue weighted by molar-refractivity contribution is 0.238. The van der Waals surface area contributed by atoms with E-state index in [0.29, 0.717) is 6.04 Å². The standard InChI is InChI=1S/C22H25FN4/c1-16-12-18(13-17-5-7-19(23)8-6-17)14-21(25-16)22-4-3-11-27(22)15-20-9-10-24-26(20)2/h5-10,12,14,22H,3-4,11,13,15H2,1-2H3/t22-/m0/s1. The number of aromatic nitrogens is 3. The molecule has 0 amide bonds. The fourth-order valence-corrected chi connectivity index (χ4v) is 3.99. The molecule has 140 valence electrons. The minimum Gasteiger partial charge on any atom is -0.289 e. The van der Waals surface area contributed by atoms with E-state index in [1.165, 1.54) is 29.8 Å². The fraction of sp³-hybridized carbons (Fsp3) is 0.364. The molecule has 1 atom stereocenters. The van der Waals surface area contributed by atoms with Gasteiger partial charge < -0.3 is 0 Å². The topological polar surface area (TPSA) is 34.0 Å². The van der Waals surface area contributed by atoms with E-state index in [4.69, 9.17) is 4.98 Å². The number of rotatable bonds is 5. The van der Waals surface area contributed by atoms with E-state index in [9.17, 15) is 4.39 Å². The Hall–Kier alpha value is -2.53. The van der Waals surface area contributed by atoms with Gasteiger partial charge in [0.2, 0.25) is 0 Å². The van der Waals surface area contributed by atoms with Crippen molar-refractivity contribution in [3.8, 4) is 0 Å². The first-order valence-corrected chi connectivity index (χ1v) is 9.51. The quantitative estimate of drug-likeness (QED) is 0.681. The van der Waals surface area contributed by atoms with Crippen LogP contribution < -0.4 is 0 Å².